The molecule has 0 radical (unpaired) electrons. The van der Waals surface area contributed by atoms with Crippen LogP contribution in [0.5, 0.6) is 0 Å². The van der Waals surface area contributed by atoms with Crippen LogP contribution in [0.15, 0.2) is 6.33 Å². The maximum Gasteiger partial charge on any atom is 0.202 e. The zero-order valence-corrected chi connectivity index (χ0v) is 8.64. The number of anilines is 1. The van der Waals surface area contributed by atoms with E-state index in [1.54, 1.807) is 13.4 Å². The molecule has 0 unspecified atom stereocenters. The molecule has 0 saturated carbocycles. The number of aromatic nitrogens is 2. The third kappa shape index (κ3) is 4.80. The van der Waals surface area contributed by atoms with Crippen LogP contribution < -0.4 is 5.32 Å². The van der Waals surface area contributed by atoms with Gasteiger partial charge in [-0.3, -0.25) is 0 Å². The molecule has 0 amide bonds. The maximum absolute atomic E-state index is 4.95. The van der Waals surface area contributed by atoms with Gasteiger partial charge in [-0.25, -0.2) is 4.98 Å². The lowest BCUT2D eigenvalue weighted by Gasteiger charge is -2.01. The van der Waals surface area contributed by atoms with Crippen LogP contribution in [0, 0.1) is 0 Å². The van der Waals surface area contributed by atoms with Crippen molar-refractivity contribution in [1.29, 1.82) is 0 Å². The number of unbranched alkanes of at least 4 members (excludes halogenated alkanes) is 2. The van der Waals surface area contributed by atoms with Crippen LogP contribution in [0.2, 0.25) is 0 Å². The van der Waals surface area contributed by atoms with Gasteiger partial charge in [0, 0.05) is 31.8 Å². The summed E-state index contributed by atoms with van der Waals surface area (Å²) in [5.41, 5.74) is 0. The molecule has 0 aliphatic heterocycles. The van der Waals surface area contributed by atoms with Gasteiger partial charge in [0.25, 0.3) is 0 Å². The van der Waals surface area contributed by atoms with Crippen molar-refractivity contribution < 1.29 is 4.74 Å². The number of rotatable bonds is 7. The first-order chi connectivity index (χ1) is 6.43. The zero-order valence-electron chi connectivity index (χ0n) is 7.82. The molecule has 0 saturated heterocycles. The highest BCUT2D eigenvalue weighted by molar-refractivity contribution is 7.09. The van der Waals surface area contributed by atoms with E-state index < -0.39 is 0 Å². The van der Waals surface area contributed by atoms with Crippen LogP contribution in [-0.4, -0.2) is 29.6 Å². The highest BCUT2D eigenvalue weighted by Gasteiger charge is 1.93. The Labute approximate surface area is 82.5 Å². The minimum Gasteiger partial charge on any atom is -0.385 e. The van der Waals surface area contributed by atoms with Crippen molar-refractivity contribution in [1.82, 2.24) is 9.36 Å². The van der Waals surface area contributed by atoms with Crippen molar-refractivity contribution in [3.63, 3.8) is 0 Å². The summed E-state index contributed by atoms with van der Waals surface area (Å²) in [7, 11) is 1.74. The largest absolute Gasteiger partial charge is 0.385 e. The Morgan fingerprint density at radius 2 is 2.38 bits per heavy atom. The minimum absolute atomic E-state index is 0.860. The second kappa shape index (κ2) is 6.80. The molecule has 1 rings (SSSR count). The van der Waals surface area contributed by atoms with Crippen LogP contribution in [0.25, 0.3) is 0 Å². The van der Waals surface area contributed by atoms with Gasteiger partial charge in [-0.2, -0.15) is 4.37 Å². The van der Waals surface area contributed by atoms with Crippen molar-refractivity contribution >= 4 is 16.7 Å². The lowest BCUT2D eigenvalue weighted by molar-refractivity contribution is 0.192. The van der Waals surface area contributed by atoms with Gasteiger partial charge in [0.15, 0.2) is 0 Å². The predicted molar refractivity (Wildman–Crippen MR) is 54.1 cm³/mol. The molecule has 0 atom stereocenters. The molecule has 0 spiro atoms. The Bertz CT molecular complexity index is 203. The molecule has 5 heteroatoms. The molecule has 1 heterocycles. The zero-order chi connectivity index (χ0) is 9.36. The van der Waals surface area contributed by atoms with Crippen molar-refractivity contribution in [2.24, 2.45) is 0 Å². The summed E-state index contributed by atoms with van der Waals surface area (Å²) in [6.07, 6.45) is 5.05. The van der Waals surface area contributed by atoms with E-state index in [2.05, 4.69) is 14.7 Å². The van der Waals surface area contributed by atoms with Crippen molar-refractivity contribution in [3.8, 4) is 0 Å². The quantitative estimate of drug-likeness (QED) is 0.683. The second-order valence-electron chi connectivity index (χ2n) is 2.73. The number of ether oxygens (including phenoxy) is 1. The summed E-state index contributed by atoms with van der Waals surface area (Å²) in [5, 5.41) is 4.11. The van der Waals surface area contributed by atoms with E-state index >= 15 is 0 Å². The number of methoxy groups -OCH3 is 1. The van der Waals surface area contributed by atoms with E-state index in [9.17, 15) is 0 Å². The Balaban J connectivity index is 1.90. The molecular formula is C8H15N3OS. The Hall–Kier alpha value is -0.680. The third-order valence-corrected chi connectivity index (χ3v) is 2.29. The van der Waals surface area contributed by atoms with E-state index in [1.165, 1.54) is 18.0 Å². The first-order valence-electron chi connectivity index (χ1n) is 4.43. The van der Waals surface area contributed by atoms with Gasteiger partial charge in [-0.1, -0.05) is 0 Å². The monoisotopic (exact) mass is 201 g/mol. The first kappa shape index (κ1) is 10.4. The number of hydrogen-bond acceptors (Lipinski definition) is 5. The smallest absolute Gasteiger partial charge is 0.202 e. The van der Waals surface area contributed by atoms with E-state index in [1.807, 2.05) is 0 Å². The highest BCUT2D eigenvalue weighted by Crippen LogP contribution is 2.06. The molecule has 4 nitrogen and oxygen atoms in total. The van der Waals surface area contributed by atoms with Crippen LogP contribution in [0.4, 0.5) is 5.13 Å². The average Bonchev–Trinajstić information content (AvgIpc) is 2.63. The fourth-order valence-corrected chi connectivity index (χ4v) is 1.45. The van der Waals surface area contributed by atoms with Crippen molar-refractivity contribution in [2.75, 3.05) is 25.6 Å². The first-order valence-corrected chi connectivity index (χ1v) is 5.20. The van der Waals surface area contributed by atoms with Crippen LogP contribution in [-0.2, 0) is 4.74 Å². The predicted octanol–water partition coefficient (Wildman–Crippen LogP) is 1.77. The SMILES string of the molecule is COCCCCCNc1ncns1. The van der Waals surface area contributed by atoms with E-state index in [0.29, 0.717) is 0 Å². The van der Waals surface area contributed by atoms with Gasteiger partial charge in [-0.15, -0.1) is 0 Å². The Kier molecular flexibility index (Phi) is 5.44. The van der Waals surface area contributed by atoms with Crippen molar-refractivity contribution in [3.05, 3.63) is 6.33 Å². The van der Waals surface area contributed by atoms with Crippen LogP contribution in [0.3, 0.4) is 0 Å². The maximum atomic E-state index is 4.95. The number of nitrogens with one attached hydrogen (secondary N) is 1. The van der Waals surface area contributed by atoms with E-state index in [0.717, 1.165) is 31.1 Å². The fraction of sp³-hybridized carbons (Fsp3) is 0.750. The van der Waals surface area contributed by atoms with Gasteiger partial charge in [0.05, 0.1) is 0 Å². The topological polar surface area (TPSA) is 47.0 Å². The normalized spacial score (nSPS) is 10.2. The fourth-order valence-electron chi connectivity index (χ4n) is 0.994. The van der Waals surface area contributed by atoms with Gasteiger partial charge < -0.3 is 10.1 Å². The van der Waals surface area contributed by atoms with Gasteiger partial charge >= 0.3 is 0 Å². The lowest BCUT2D eigenvalue weighted by atomic mass is 10.2. The number of hydrogen-bond donors (Lipinski definition) is 1. The molecule has 1 aromatic heterocycles. The van der Waals surface area contributed by atoms with Crippen LogP contribution in [0.1, 0.15) is 19.3 Å². The molecule has 1 aromatic rings. The lowest BCUT2D eigenvalue weighted by Crippen LogP contribution is -2.01. The van der Waals surface area contributed by atoms with E-state index in [4.69, 9.17) is 4.74 Å². The minimum atomic E-state index is 0.860. The van der Waals surface area contributed by atoms with Gasteiger partial charge in [-0.05, 0) is 19.3 Å². The summed E-state index contributed by atoms with van der Waals surface area (Å²) in [6.45, 7) is 1.83. The molecule has 13 heavy (non-hydrogen) atoms. The number of nitrogens with zero attached hydrogens (tertiary/aromatic N) is 2. The second-order valence-corrected chi connectivity index (χ2v) is 3.51. The summed E-state index contributed by atoms with van der Waals surface area (Å²) in [6, 6.07) is 0. The van der Waals surface area contributed by atoms with Gasteiger partial charge in [0.1, 0.15) is 6.33 Å². The van der Waals surface area contributed by atoms with E-state index in [-0.39, 0.29) is 0 Å². The molecule has 1 N–H and O–H groups in total. The highest BCUT2D eigenvalue weighted by atomic mass is 32.1. The molecular weight excluding hydrogens is 186 g/mol. The summed E-state index contributed by atoms with van der Waals surface area (Å²) in [4.78, 5) is 4.02. The molecule has 0 aliphatic rings. The standard InChI is InChI=1S/C8H15N3OS/c1-12-6-4-2-3-5-9-8-10-7-11-13-8/h7H,2-6H2,1H3,(H,9,10,11). The molecule has 0 aromatic carbocycles. The Morgan fingerprint density at radius 3 is 3.08 bits per heavy atom. The third-order valence-electron chi connectivity index (χ3n) is 1.66. The van der Waals surface area contributed by atoms with Crippen LogP contribution >= 0.6 is 11.5 Å². The summed E-state index contributed by atoms with van der Waals surface area (Å²) in [5.74, 6) is 0. The molecule has 0 bridgehead atoms. The molecule has 0 fully saturated rings. The average molecular weight is 201 g/mol. The summed E-state index contributed by atoms with van der Waals surface area (Å²) < 4.78 is 8.85. The summed E-state index contributed by atoms with van der Waals surface area (Å²) >= 11 is 1.39. The molecule has 74 valence electrons. The Morgan fingerprint density at radius 1 is 1.46 bits per heavy atom. The molecule has 0 aliphatic carbocycles. The van der Waals surface area contributed by atoms with Crippen molar-refractivity contribution in [2.45, 2.75) is 19.3 Å². The van der Waals surface area contributed by atoms with Gasteiger partial charge in [0.2, 0.25) is 5.13 Å².